The Morgan fingerprint density at radius 3 is 3.11 bits per heavy atom. The summed E-state index contributed by atoms with van der Waals surface area (Å²) in [5, 5.41) is 0. The van der Waals surface area contributed by atoms with Gasteiger partial charge in [0.25, 0.3) is 0 Å². The molecule has 0 spiro atoms. The number of nitrogens with zero attached hydrogens (tertiary/aromatic N) is 1. The van der Waals surface area contributed by atoms with Gasteiger partial charge in [-0.15, -0.1) is 12.4 Å². The highest BCUT2D eigenvalue weighted by molar-refractivity contribution is 5.85. The summed E-state index contributed by atoms with van der Waals surface area (Å²) in [6.45, 7) is 3.85. The van der Waals surface area contributed by atoms with Crippen LogP contribution in [0, 0.1) is 0 Å². The topological polar surface area (TPSA) is 38.5 Å². The molecule has 1 saturated heterocycles. The Bertz CT molecular complexity index is 411. The van der Waals surface area contributed by atoms with Crippen molar-refractivity contribution in [3.8, 4) is 5.75 Å². The molecule has 0 saturated carbocycles. The maximum absolute atomic E-state index is 5.81. The lowest BCUT2D eigenvalue weighted by molar-refractivity contribution is 0.250. The number of likely N-dealkylation sites (tertiary alicyclic amines) is 1. The number of hydrogen-bond donors (Lipinski definition) is 1. The molecular formula is C14H21ClN2O. The second-order valence-electron chi connectivity index (χ2n) is 5.04. The Balaban J connectivity index is 0.00000120. The number of hydrogen-bond acceptors (Lipinski definition) is 3. The number of benzene rings is 1. The average Bonchev–Trinajstić information content (AvgIpc) is 2.96. The lowest BCUT2D eigenvalue weighted by atomic mass is 10.1. The zero-order chi connectivity index (χ0) is 11.7. The maximum Gasteiger partial charge on any atom is 0.122 e. The molecule has 18 heavy (non-hydrogen) atoms. The number of nitrogens with two attached hydrogens (primary N) is 1. The van der Waals surface area contributed by atoms with Gasteiger partial charge in [0.05, 0.1) is 6.61 Å². The summed E-state index contributed by atoms with van der Waals surface area (Å²) < 4.78 is 5.53. The summed E-state index contributed by atoms with van der Waals surface area (Å²) in [5.41, 5.74) is 8.57. The normalized spacial score (nSPS) is 22.4. The Morgan fingerprint density at radius 1 is 1.39 bits per heavy atom. The van der Waals surface area contributed by atoms with Crippen LogP contribution in [-0.4, -0.2) is 30.6 Å². The fraction of sp³-hybridized carbons (Fsp3) is 0.571. The molecule has 3 nitrogen and oxygen atoms in total. The molecule has 3 rings (SSSR count). The number of ether oxygens (including phenoxy) is 1. The van der Waals surface area contributed by atoms with E-state index in [9.17, 15) is 0 Å². The summed E-state index contributed by atoms with van der Waals surface area (Å²) in [7, 11) is 0. The van der Waals surface area contributed by atoms with Crippen LogP contribution < -0.4 is 10.5 Å². The standard InChI is InChI=1S/C14H20N2O.ClH/c15-9-13-2-1-6-16(13)10-11-3-4-14-12(8-11)5-7-17-14;/h3-4,8,13H,1-2,5-7,9-10,15H2;1H. The molecule has 1 aromatic carbocycles. The molecule has 4 heteroatoms. The SMILES string of the molecule is Cl.NCC1CCCN1Cc1ccc2c(c1)CCO2. The first-order valence-corrected chi connectivity index (χ1v) is 6.55. The zero-order valence-corrected chi connectivity index (χ0v) is 11.4. The minimum absolute atomic E-state index is 0. The minimum Gasteiger partial charge on any atom is -0.493 e. The molecular weight excluding hydrogens is 248 g/mol. The summed E-state index contributed by atoms with van der Waals surface area (Å²) >= 11 is 0. The molecule has 1 aromatic rings. The third kappa shape index (κ3) is 2.63. The van der Waals surface area contributed by atoms with Crippen molar-refractivity contribution < 1.29 is 4.74 Å². The third-order valence-corrected chi connectivity index (χ3v) is 3.91. The first-order valence-electron chi connectivity index (χ1n) is 6.55. The summed E-state index contributed by atoms with van der Waals surface area (Å²) in [6, 6.07) is 7.19. The van der Waals surface area contributed by atoms with Crippen LogP contribution in [0.25, 0.3) is 0 Å². The monoisotopic (exact) mass is 268 g/mol. The van der Waals surface area contributed by atoms with E-state index in [0.717, 1.165) is 31.9 Å². The van der Waals surface area contributed by atoms with E-state index in [1.54, 1.807) is 0 Å². The minimum atomic E-state index is 0. The van der Waals surface area contributed by atoms with E-state index in [-0.39, 0.29) is 12.4 Å². The Morgan fingerprint density at radius 2 is 2.28 bits per heavy atom. The van der Waals surface area contributed by atoms with Crippen LogP contribution in [0.1, 0.15) is 24.0 Å². The first kappa shape index (κ1) is 13.7. The molecule has 100 valence electrons. The van der Waals surface area contributed by atoms with Gasteiger partial charge in [-0.25, -0.2) is 0 Å². The molecule has 0 aliphatic carbocycles. The van der Waals surface area contributed by atoms with Gasteiger partial charge in [0.15, 0.2) is 0 Å². The summed E-state index contributed by atoms with van der Waals surface area (Å²) in [6.07, 6.45) is 3.60. The molecule has 2 heterocycles. The second kappa shape index (κ2) is 5.91. The van der Waals surface area contributed by atoms with Crippen LogP contribution in [-0.2, 0) is 13.0 Å². The van der Waals surface area contributed by atoms with Gasteiger partial charge >= 0.3 is 0 Å². The zero-order valence-electron chi connectivity index (χ0n) is 10.6. The molecule has 1 atom stereocenters. The highest BCUT2D eigenvalue weighted by Gasteiger charge is 2.23. The van der Waals surface area contributed by atoms with Crippen LogP contribution in [0.4, 0.5) is 0 Å². The smallest absolute Gasteiger partial charge is 0.122 e. The summed E-state index contributed by atoms with van der Waals surface area (Å²) in [4.78, 5) is 2.51. The van der Waals surface area contributed by atoms with Crippen molar-refractivity contribution in [2.75, 3.05) is 19.7 Å². The molecule has 1 fully saturated rings. The predicted octanol–water partition coefficient (Wildman–Crippen LogP) is 1.97. The van der Waals surface area contributed by atoms with Crippen molar-refractivity contribution in [2.24, 2.45) is 5.73 Å². The fourth-order valence-electron chi connectivity index (χ4n) is 2.94. The van der Waals surface area contributed by atoms with E-state index in [2.05, 4.69) is 23.1 Å². The van der Waals surface area contributed by atoms with E-state index >= 15 is 0 Å². The van der Waals surface area contributed by atoms with Crippen molar-refractivity contribution in [3.63, 3.8) is 0 Å². The lowest BCUT2D eigenvalue weighted by Gasteiger charge is -2.23. The van der Waals surface area contributed by atoms with Crippen LogP contribution in [0.3, 0.4) is 0 Å². The lowest BCUT2D eigenvalue weighted by Crippen LogP contribution is -2.34. The van der Waals surface area contributed by atoms with Gasteiger partial charge in [0.1, 0.15) is 5.75 Å². The van der Waals surface area contributed by atoms with E-state index < -0.39 is 0 Å². The van der Waals surface area contributed by atoms with Gasteiger partial charge < -0.3 is 10.5 Å². The van der Waals surface area contributed by atoms with E-state index in [1.807, 2.05) is 0 Å². The Hall–Kier alpha value is -0.770. The van der Waals surface area contributed by atoms with Crippen LogP contribution in [0.5, 0.6) is 5.75 Å². The van der Waals surface area contributed by atoms with Crippen molar-refractivity contribution in [3.05, 3.63) is 29.3 Å². The second-order valence-corrected chi connectivity index (χ2v) is 5.04. The maximum atomic E-state index is 5.81. The molecule has 2 aliphatic rings. The van der Waals surface area contributed by atoms with Gasteiger partial charge in [-0.3, -0.25) is 4.90 Å². The summed E-state index contributed by atoms with van der Waals surface area (Å²) in [5.74, 6) is 1.07. The number of rotatable bonds is 3. The molecule has 0 radical (unpaired) electrons. The van der Waals surface area contributed by atoms with Gasteiger partial charge in [0, 0.05) is 25.6 Å². The first-order chi connectivity index (χ1) is 8.36. The molecule has 1 unspecified atom stereocenters. The molecule has 0 aromatic heterocycles. The fourth-order valence-corrected chi connectivity index (χ4v) is 2.94. The van der Waals surface area contributed by atoms with Gasteiger partial charge in [-0.2, -0.15) is 0 Å². The Labute approximate surface area is 115 Å². The third-order valence-electron chi connectivity index (χ3n) is 3.91. The Kier molecular flexibility index (Phi) is 4.49. The van der Waals surface area contributed by atoms with Gasteiger partial charge in [-0.05, 0) is 36.6 Å². The van der Waals surface area contributed by atoms with Crippen molar-refractivity contribution in [1.29, 1.82) is 0 Å². The molecule has 0 amide bonds. The number of fused-ring (bicyclic) bond motifs is 1. The van der Waals surface area contributed by atoms with Gasteiger partial charge in [0.2, 0.25) is 0 Å². The predicted molar refractivity (Wildman–Crippen MR) is 75.4 cm³/mol. The highest BCUT2D eigenvalue weighted by Crippen LogP contribution is 2.27. The number of halogens is 1. The molecule has 2 N–H and O–H groups in total. The van der Waals surface area contributed by atoms with E-state index in [4.69, 9.17) is 10.5 Å². The largest absolute Gasteiger partial charge is 0.493 e. The highest BCUT2D eigenvalue weighted by atomic mass is 35.5. The quantitative estimate of drug-likeness (QED) is 0.911. The molecule has 0 bridgehead atoms. The average molecular weight is 269 g/mol. The van der Waals surface area contributed by atoms with E-state index in [1.165, 1.54) is 30.5 Å². The van der Waals surface area contributed by atoms with Crippen molar-refractivity contribution in [2.45, 2.75) is 31.8 Å². The molecule has 2 aliphatic heterocycles. The van der Waals surface area contributed by atoms with Crippen LogP contribution in [0.15, 0.2) is 18.2 Å². The van der Waals surface area contributed by atoms with Gasteiger partial charge in [-0.1, -0.05) is 12.1 Å². The van der Waals surface area contributed by atoms with Crippen LogP contribution >= 0.6 is 12.4 Å². The van der Waals surface area contributed by atoms with Crippen molar-refractivity contribution >= 4 is 12.4 Å². The van der Waals surface area contributed by atoms with Crippen molar-refractivity contribution in [1.82, 2.24) is 4.90 Å². The van der Waals surface area contributed by atoms with E-state index in [0.29, 0.717) is 6.04 Å². The van der Waals surface area contributed by atoms with Crippen LogP contribution in [0.2, 0.25) is 0 Å².